The molecule has 4 aromatic rings. The molecular formula is C30H31ClN4O2. The molecule has 0 radical (unpaired) electrons. The molecule has 5 rings (SSSR count). The van der Waals surface area contributed by atoms with E-state index < -0.39 is 0 Å². The molecule has 6 nitrogen and oxygen atoms in total. The van der Waals surface area contributed by atoms with E-state index in [1.165, 1.54) is 6.42 Å². The van der Waals surface area contributed by atoms with Gasteiger partial charge in [0, 0.05) is 12.6 Å². The fraction of sp³-hybridized carbons (Fsp3) is 0.300. The normalized spacial score (nSPS) is 14.0. The van der Waals surface area contributed by atoms with E-state index in [9.17, 15) is 9.59 Å². The van der Waals surface area contributed by atoms with Crippen molar-refractivity contribution in [2.75, 3.05) is 0 Å². The highest BCUT2D eigenvalue weighted by atomic mass is 35.5. The topological polar surface area (TPSA) is 67.2 Å². The highest BCUT2D eigenvalue weighted by molar-refractivity contribution is 6.33. The third-order valence-corrected chi connectivity index (χ3v) is 7.41. The van der Waals surface area contributed by atoms with Gasteiger partial charge >= 0.3 is 0 Å². The van der Waals surface area contributed by atoms with Gasteiger partial charge in [-0.2, -0.15) is 0 Å². The summed E-state index contributed by atoms with van der Waals surface area (Å²) in [6, 6.07) is 25.1. The fourth-order valence-corrected chi connectivity index (χ4v) is 5.38. The second-order valence-corrected chi connectivity index (χ2v) is 9.97. The van der Waals surface area contributed by atoms with E-state index in [4.69, 9.17) is 16.6 Å². The molecule has 190 valence electrons. The van der Waals surface area contributed by atoms with Gasteiger partial charge in [-0.1, -0.05) is 85.5 Å². The third kappa shape index (κ3) is 5.86. The second kappa shape index (κ2) is 11.6. The van der Waals surface area contributed by atoms with E-state index in [-0.39, 0.29) is 30.9 Å². The SMILES string of the molecule is O=C(NCc1nc2ccccc2n1CC(=O)N(Cc1ccccc1)C1CCCCC1)c1ccccc1Cl. The summed E-state index contributed by atoms with van der Waals surface area (Å²) < 4.78 is 1.94. The van der Waals surface area contributed by atoms with Crippen LogP contribution in [0.15, 0.2) is 78.9 Å². The number of benzene rings is 3. The van der Waals surface area contributed by atoms with Gasteiger partial charge in [0.2, 0.25) is 5.91 Å². The number of amides is 2. The van der Waals surface area contributed by atoms with Crippen LogP contribution in [-0.2, 0) is 24.4 Å². The van der Waals surface area contributed by atoms with E-state index in [0.717, 1.165) is 42.3 Å². The summed E-state index contributed by atoms with van der Waals surface area (Å²) in [5.41, 5.74) is 3.21. The van der Waals surface area contributed by atoms with Crippen molar-refractivity contribution in [1.82, 2.24) is 19.8 Å². The second-order valence-electron chi connectivity index (χ2n) is 9.56. The summed E-state index contributed by atoms with van der Waals surface area (Å²) in [5, 5.41) is 3.33. The Hall–Kier alpha value is -3.64. The smallest absolute Gasteiger partial charge is 0.253 e. The highest BCUT2D eigenvalue weighted by Gasteiger charge is 2.27. The molecule has 1 aromatic heterocycles. The largest absolute Gasteiger partial charge is 0.345 e. The lowest BCUT2D eigenvalue weighted by molar-refractivity contribution is -0.135. The fourth-order valence-electron chi connectivity index (χ4n) is 5.16. The Morgan fingerprint density at radius 1 is 0.919 bits per heavy atom. The lowest BCUT2D eigenvalue weighted by atomic mass is 9.93. The van der Waals surface area contributed by atoms with E-state index >= 15 is 0 Å². The number of hydrogen-bond acceptors (Lipinski definition) is 3. The Kier molecular flexibility index (Phi) is 7.85. The molecule has 3 aromatic carbocycles. The Bertz CT molecular complexity index is 1380. The number of carbonyl (C=O) groups is 2. The van der Waals surface area contributed by atoms with Gasteiger partial charge in [-0.25, -0.2) is 4.98 Å². The Morgan fingerprint density at radius 3 is 2.41 bits per heavy atom. The third-order valence-electron chi connectivity index (χ3n) is 7.08. The van der Waals surface area contributed by atoms with Crippen molar-refractivity contribution in [3.8, 4) is 0 Å². The Balaban J connectivity index is 1.40. The van der Waals surface area contributed by atoms with Crippen LogP contribution in [0.1, 0.15) is 53.8 Å². The maximum atomic E-state index is 13.9. The summed E-state index contributed by atoms with van der Waals surface area (Å²) >= 11 is 6.21. The molecule has 0 atom stereocenters. The average Bonchev–Trinajstić information content (AvgIpc) is 3.28. The minimum Gasteiger partial charge on any atom is -0.345 e. The standard InChI is InChI=1S/C30H31ClN4O2/c31-25-16-8-7-15-24(25)30(37)32-19-28-33-26-17-9-10-18-27(26)35(28)21-29(36)34(23-13-5-2-6-14-23)20-22-11-3-1-4-12-22/h1,3-4,7-12,15-18,23H,2,5-6,13-14,19-21H2,(H,32,37). The maximum Gasteiger partial charge on any atom is 0.253 e. The first-order chi connectivity index (χ1) is 18.1. The number of nitrogens with zero attached hydrogens (tertiary/aromatic N) is 3. The monoisotopic (exact) mass is 514 g/mol. The zero-order valence-electron chi connectivity index (χ0n) is 20.8. The molecule has 1 fully saturated rings. The molecule has 1 aliphatic carbocycles. The quantitative estimate of drug-likeness (QED) is 0.314. The first-order valence-electron chi connectivity index (χ1n) is 12.9. The van der Waals surface area contributed by atoms with Crippen LogP contribution in [0.2, 0.25) is 5.02 Å². The molecule has 0 spiro atoms. The van der Waals surface area contributed by atoms with Crippen molar-refractivity contribution in [2.24, 2.45) is 0 Å². The van der Waals surface area contributed by atoms with E-state index in [1.807, 2.05) is 47.0 Å². The van der Waals surface area contributed by atoms with Crippen LogP contribution in [0.5, 0.6) is 0 Å². The number of carbonyl (C=O) groups excluding carboxylic acids is 2. The number of nitrogens with one attached hydrogen (secondary N) is 1. The van der Waals surface area contributed by atoms with Crippen molar-refractivity contribution in [3.05, 3.63) is 101 Å². The van der Waals surface area contributed by atoms with Gasteiger partial charge < -0.3 is 14.8 Å². The first kappa shape index (κ1) is 25.0. The summed E-state index contributed by atoms with van der Waals surface area (Å²) in [6.45, 7) is 0.949. The maximum absolute atomic E-state index is 13.9. The molecular weight excluding hydrogens is 484 g/mol. The number of hydrogen-bond donors (Lipinski definition) is 1. The summed E-state index contributed by atoms with van der Waals surface area (Å²) in [4.78, 5) is 33.5. The summed E-state index contributed by atoms with van der Waals surface area (Å²) in [7, 11) is 0. The van der Waals surface area contributed by atoms with Crippen LogP contribution < -0.4 is 5.32 Å². The van der Waals surface area contributed by atoms with Gasteiger partial charge in [0.25, 0.3) is 5.91 Å². The number of halogens is 1. The van der Waals surface area contributed by atoms with Gasteiger partial charge in [-0.05, 0) is 42.7 Å². The lowest BCUT2D eigenvalue weighted by Gasteiger charge is -2.35. The number of aromatic nitrogens is 2. The molecule has 37 heavy (non-hydrogen) atoms. The van der Waals surface area contributed by atoms with Crippen molar-refractivity contribution < 1.29 is 9.59 Å². The minimum absolute atomic E-state index is 0.0672. The summed E-state index contributed by atoms with van der Waals surface area (Å²) in [5.74, 6) is 0.430. The van der Waals surface area contributed by atoms with Crippen LogP contribution in [0.25, 0.3) is 11.0 Å². The van der Waals surface area contributed by atoms with Crippen molar-refractivity contribution in [2.45, 2.75) is 57.8 Å². The first-order valence-corrected chi connectivity index (χ1v) is 13.3. The average molecular weight is 515 g/mol. The van der Waals surface area contributed by atoms with Gasteiger partial charge in [-0.3, -0.25) is 9.59 Å². The summed E-state index contributed by atoms with van der Waals surface area (Å²) in [6.07, 6.45) is 5.59. The molecule has 1 N–H and O–H groups in total. The van der Waals surface area contributed by atoms with Crippen molar-refractivity contribution >= 4 is 34.4 Å². The van der Waals surface area contributed by atoms with Gasteiger partial charge in [0.05, 0.1) is 28.2 Å². The van der Waals surface area contributed by atoms with Gasteiger partial charge in [0.15, 0.2) is 0 Å². The lowest BCUT2D eigenvalue weighted by Crippen LogP contribution is -2.42. The predicted molar refractivity (Wildman–Crippen MR) is 146 cm³/mol. The van der Waals surface area contributed by atoms with Crippen molar-refractivity contribution in [3.63, 3.8) is 0 Å². The zero-order chi connectivity index (χ0) is 25.6. The Labute approximate surface area is 222 Å². The molecule has 1 saturated carbocycles. The number of rotatable bonds is 8. The van der Waals surface area contributed by atoms with E-state index in [0.29, 0.717) is 23.0 Å². The number of para-hydroxylation sites is 2. The van der Waals surface area contributed by atoms with Crippen LogP contribution in [-0.4, -0.2) is 32.3 Å². The van der Waals surface area contributed by atoms with Crippen molar-refractivity contribution in [1.29, 1.82) is 0 Å². The van der Waals surface area contributed by atoms with Gasteiger partial charge in [0.1, 0.15) is 12.4 Å². The molecule has 0 aliphatic heterocycles. The minimum atomic E-state index is -0.275. The molecule has 0 bridgehead atoms. The van der Waals surface area contributed by atoms with Crippen LogP contribution in [0.4, 0.5) is 0 Å². The zero-order valence-corrected chi connectivity index (χ0v) is 21.5. The molecule has 7 heteroatoms. The van der Waals surface area contributed by atoms with E-state index in [1.54, 1.807) is 24.3 Å². The molecule has 1 aliphatic rings. The van der Waals surface area contributed by atoms with Crippen LogP contribution >= 0.6 is 11.6 Å². The molecule has 0 saturated heterocycles. The Morgan fingerprint density at radius 2 is 1.62 bits per heavy atom. The number of imidazole rings is 1. The molecule has 1 heterocycles. The number of fused-ring (bicyclic) bond motifs is 1. The predicted octanol–water partition coefficient (Wildman–Crippen LogP) is 5.98. The van der Waals surface area contributed by atoms with E-state index in [2.05, 4.69) is 22.3 Å². The molecule has 0 unspecified atom stereocenters. The van der Waals surface area contributed by atoms with Gasteiger partial charge in [-0.15, -0.1) is 0 Å². The molecule has 2 amide bonds. The van der Waals surface area contributed by atoms with Crippen LogP contribution in [0.3, 0.4) is 0 Å². The highest BCUT2D eigenvalue weighted by Crippen LogP contribution is 2.25. The van der Waals surface area contributed by atoms with Crippen LogP contribution in [0, 0.1) is 0 Å².